The molecule has 0 saturated heterocycles. The maximum atomic E-state index is 11.8. The number of benzene rings is 2. The van der Waals surface area contributed by atoms with Crippen molar-refractivity contribution in [3.63, 3.8) is 0 Å². The van der Waals surface area contributed by atoms with E-state index in [4.69, 9.17) is 11.5 Å². The van der Waals surface area contributed by atoms with Gasteiger partial charge < -0.3 is 14.3 Å². The fourth-order valence-electron chi connectivity index (χ4n) is 2.76. The van der Waals surface area contributed by atoms with Crippen LogP contribution in [0.3, 0.4) is 0 Å². The summed E-state index contributed by atoms with van der Waals surface area (Å²) in [6.45, 7) is 0. The van der Waals surface area contributed by atoms with Crippen LogP contribution in [0.5, 0.6) is 0 Å². The Morgan fingerprint density at radius 2 is 0.848 bits per heavy atom. The van der Waals surface area contributed by atoms with Crippen LogP contribution in [0.2, 0.25) is 0 Å². The van der Waals surface area contributed by atoms with Gasteiger partial charge in [-0.25, -0.2) is 0 Å². The molecule has 0 aromatic heterocycles. The summed E-state index contributed by atoms with van der Waals surface area (Å²) in [7, 11) is -21.4. The predicted octanol–water partition coefficient (Wildman–Crippen LogP) is -6.34. The third kappa shape index (κ3) is 7.34. The van der Waals surface area contributed by atoms with Crippen LogP contribution < -0.4 is 70.6 Å². The molecule has 0 fully saturated rings. The van der Waals surface area contributed by atoms with Crippen molar-refractivity contribution in [2.24, 2.45) is 0 Å². The molecule has 0 aliphatic carbocycles. The Morgan fingerprint density at radius 3 is 1.06 bits per heavy atom. The van der Waals surface area contributed by atoms with E-state index in [1.807, 2.05) is 0 Å². The first-order valence-electron chi connectivity index (χ1n) is 7.49. The summed E-state index contributed by atoms with van der Waals surface area (Å²) in [5, 5.41) is 0. The molecule has 176 valence electrons. The third-order valence-electron chi connectivity index (χ3n) is 3.95. The van der Waals surface area contributed by atoms with Crippen LogP contribution in [0.4, 0.5) is 11.4 Å². The van der Waals surface area contributed by atoms with E-state index in [2.05, 4.69) is 0 Å². The first kappa shape index (κ1) is 32.7. The van der Waals surface area contributed by atoms with E-state index in [0.29, 0.717) is 12.1 Å². The maximum absolute atomic E-state index is 11.8. The molecule has 33 heavy (non-hydrogen) atoms. The van der Waals surface area contributed by atoms with Crippen LogP contribution in [0.1, 0.15) is 14.0 Å². The van der Waals surface area contributed by atoms with Crippen molar-refractivity contribution >= 4 is 51.8 Å². The van der Waals surface area contributed by atoms with Gasteiger partial charge in [0, 0.05) is 28.9 Å². The molecule has 0 bridgehead atoms. The zero-order valence-electron chi connectivity index (χ0n) is 18.9. The summed E-state index contributed by atoms with van der Waals surface area (Å²) in [5.41, 5.74) is 8.58. The van der Waals surface area contributed by atoms with Crippen molar-refractivity contribution in [3.05, 3.63) is 35.4 Å². The van der Waals surface area contributed by atoms with E-state index in [0.717, 1.165) is 12.1 Å². The molecule has 0 saturated carbocycles. The molecular weight excluding hydrogens is 550 g/mol. The van der Waals surface area contributed by atoms with Gasteiger partial charge in [0.2, 0.25) is 0 Å². The molecule has 8 N–H and O–H groups in total. The Hall–Kier alpha value is -0.320. The molecule has 0 spiro atoms. The van der Waals surface area contributed by atoms with Gasteiger partial charge in [-0.2, -0.15) is 33.7 Å². The average Bonchev–Trinajstić information content (AvgIpc) is 2.53. The molecule has 20 heteroatoms. The van der Waals surface area contributed by atoms with Gasteiger partial charge in [-0.3, -0.25) is 18.2 Å². The largest absolute Gasteiger partial charge is 1.00 e. The summed E-state index contributed by atoms with van der Waals surface area (Å²) in [4.78, 5) is -5.52. The fraction of sp³-hybridized carbons (Fsp3) is 0.0769. The van der Waals surface area contributed by atoms with Crippen molar-refractivity contribution in [3.8, 4) is 0 Å². The summed E-state index contributed by atoms with van der Waals surface area (Å²) in [6.07, 6.45) is -1.07. The molecule has 0 aliphatic heterocycles. The van der Waals surface area contributed by atoms with Crippen LogP contribution in [0, 0.1) is 0 Å². The number of nitrogens with two attached hydrogens (primary N) is 2. The molecule has 2 aromatic rings. The van der Waals surface area contributed by atoms with E-state index < -0.39 is 89.0 Å². The van der Waals surface area contributed by atoms with Gasteiger partial charge in [-0.15, -0.1) is 0 Å². The number of anilines is 2. The van der Waals surface area contributed by atoms with Crippen molar-refractivity contribution in [1.29, 1.82) is 0 Å². The first-order valence-corrected chi connectivity index (χ1v) is 13.2. The molecule has 0 aliphatic rings. The molecule has 2 rings (SSSR count). The summed E-state index contributed by atoms with van der Waals surface area (Å²) >= 11 is 0. The summed E-state index contributed by atoms with van der Waals surface area (Å²) in [5.74, 6) is 0. The van der Waals surface area contributed by atoms with E-state index in [1.54, 1.807) is 0 Å². The molecule has 0 unspecified atom stereocenters. The zero-order chi connectivity index (χ0) is 24.2. The fourth-order valence-corrected chi connectivity index (χ4v) is 6.86. The van der Waals surface area contributed by atoms with Crippen molar-refractivity contribution < 1.29 is 114 Å². The van der Waals surface area contributed by atoms with Crippen molar-refractivity contribution in [1.82, 2.24) is 0 Å². The molecule has 14 nitrogen and oxygen atoms in total. The minimum Gasteiger partial charge on any atom is -1.00 e. The van der Waals surface area contributed by atoms with Gasteiger partial charge in [0.15, 0.2) is 0 Å². The Balaban J connectivity index is -0.00000256. The molecular formula is C13H16N2Na2O12S4. The number of hydrogen-bond donors (Lipinski definition) is 6. The second kappa shape index (κ2) is 10.7. The number of rotatable bonds is 6. The normalized spacial score (nSPS) is 12.5. The summed E-state index contributed by atoms with van der Waals surface area (Å²) in [6, 6.07) is 2.67. The molecule has 0 heterocycles. The molecule has 0 amide bonds. The van der Waals surface area contributed by atoms with Gasteiger partial charge in [0.25, 0.3) is 40.5 Å². The van der Waals surface area contributed by atoms with Crippen LogP contribution >= 0.6 is 0 Å². The smallest absolute Gasteiger partial charge is 1.00 e. The van der Waals surface area contributed by atoms with Crippen molar-refractivity contribution in [2.45, 2.75) is 26.0 Å². The Kier molecular flexibility index (Phi) is 10.6. The number of hydrogen-bond acceptors (Lipinski definition) is 10. The van der Waals surface area contributed by atoms with Crippen LogP contribution in [-0.4, -0.2) is 51.9 Å². The Labute approximate surface area is 236 Å². The minimum atomic E-state index is -5.43. The van der Waals surface area contributed by atoms with Crippen LogP contribution in [-0.2, 0) is 46.9 Å². The summed E-state index contributed by atoms with van der Waals surface area (Å²) < 4.78 is 131. The van der Waals surface area contributed by atoms with Crippen LogP contribution in [0.25, 0.3) is 0 Å². The second-order valence-electron chi connectivity index (χ2n) is 6.00. The number of nitrogen functional groups attached to an aromatic ring is 2. The van der Waals surface area contributed by atoms with Crippen molar-refractivity contribution in [2.75, 3.05) is 11.5 Å². The second-order valence-corrected chi connectivity index (χ2v) is 11.5. The van der Waals surface area contributed by atoms with Gasteiger partial charge in [-0.05, 0) is 24.3 Å². The Bertz CT molecular complexity index is 1410. The SMILES string of the molecule is Nc1ccc(S(=O)(=O)O)c(S(=O)(=O)O)c1Cc1c(N)ccc(S(=O)(=O)O)c1S(=O)(=O)O.[H-].[H-].[Na+].[Na+]. The molecule has 0 radical (unpaired) electrons. The van der Waals surface area contributed by atoms with E-state index in [9.17, 15) is 51.9 Å². The van der Waals surface area contributed by atoms with Crippen LogP contribution in [0.15, 0.2) is 43.8 Å². The van der Waals surface area contributed by atoms with Gasteiger partial charge >= 0.3 is 59.1 Å². The third-order valence-corrected chi connectivity index (χ3v) is 7.96. The standard InChI is InChI=1S/C13H14N2O12S4.2Na.2H/c14-8-1-3-10(28(16,17)18)12(30(22,23)24)6(8)5-7-9(15)2-4-11(29(19,20)21)13(7)31(25,26)27;;;;/h1-4H,5,14-15H2,(H,16,17,18)(H,19,20,21)(H,22,23,24)(H,25,26,27);;;;/q;2*+1;2*-1. The van der Waals surface area contributed by atoms with Gasteiger partial charge in [0.1, 0.15) is 19.6 Å². The first-order chi connectivity index (χ1) is 13.8. The van der Waals surface area contributed by atoms with Gasteiger partial charge in [0.05, 0.1) is 0 Å². The quantitative estimate of drug-likeness (QED) is 0.108. The zero-order valence-corrected chi connectivity index (χ0v) is 24.1. The monoisotopic (exact) mass is 566 g/mol. The molecule has 0 atom stereocenters. The van der Waals surface area contributed by atoms with E-state index >= 15 is 0 Å². The minimum absolute atomic E-state index is 0. The van der Waals surface area contributed by atoms with E-state index in [-0.39, 0.29) is 62.0 Å². The Morgan fingerprint density at radius 1 is 0.576 bits per heavy atom. The average molecular weight is 567 g/mol. The molecule has 2 aromatic carbocycles. The maximum Gasteiger partial charge on any atom is 1.00 e. The topological polar surface area (TPSA) is 270 Å². The predicted molar refractivity (Wildman–Crippen MR) is 106 cm³/mol. The van der Waals surface area contributed by atoms with E-state index in [1.165, 1.54) is 0 Å². The van der Waals surface area contributed by atoms with Gasteiger partial charge in [-0.1, -0.05) is 0 Å².